The Kier molecular flexibility index (Phi) is 9.06. The van der Waals surface area contributed by atoms with Crippen molar-refractivity contribution in [3.63, 3.8) is 0 Å². The molecule has 2 unspecified atom stereocenters. The summed E-state index contributed by atoms with van der Waals surface area (Å²) in [6, 6.07) is 0.626. The van der Waals surface area contributed by atoms with Gasteiger partial charge in [0, 0.05) is 26.3 Å². The second-order valence-corrected chi connectivity index (χ2v) is 4.35. The lowest BCUT2D eigenvalue weighted by Gasteiger charge is -2.30. The van der Waals surface area contributed by atoms with Crippen LogP contribution < -0.4 is 5.32 Å². The molecule has 0 saturated heterocycles. The van der Waals surface area contributed by atoms with E-state index >= 15 is 0 Å². The molecule has 0 rings (SSSR count). The van der Waals surface area contributed by atoms with E-state index in [1.165, 1.54) is 0 Å². The van der Waals surface area contributed by atoms with Crippen molar-refractivity contribution in [1.29, 1.82) is 0 Å². The van der Waals surface area contributed by atoms with Gasteiger partial charge in [-0.15, -0.1) is 0 Å². The summed E-state index contributed by atoms with van der Waals surface area (Å²) in [4.78, 5) is 2.42. The number of hydrogen-bond donors (Lipinski definition) is 1. The van der Waals surface area contributed by atoms with Crippen molar-refractivity contribution in [3.05, 3.63) is 0 Å². The summed E-state index contributed by atoms with van der Waals surface area (Å²) in [5.74, 6) is 0.692. The molecule has 0 aliphatic rings. The molecular formula is C12H28N2O. The van der Waals surface area contributed by atoms with Crippen LogP contribution in [0.5, 0.6) is 0 Å². The maximum Gasteiger partial charge on any atom is 0.0474 e. The number of ether oxygens (including phenoxy) is 1. The molecule has 0 fully saturated rings. The largest absolute Gasteiger partial charge is 0.385 e. The van der Waals surface area contributed by atoms with E-state index in [0.717, 1.165) is 32.7 Å². The van der Waals surface area contributed by atoms with Gasteiger partial charge in [0.05, 0.1) is 0 Å². The molecule has 0 spiro atoms. The third-order valence-electron chi connectivity index (χ3n) is 3.09. The van der Waals surface area contributed by atoms with Gasteiger partial charge in [-0.05, 0) is 39.4 Å². The van der Waals surface area contributed by atoms with Gasteiger partial charge in [-0.1, -0.05) is 13.8 Å². The summed E-state index contributed by atoms with van der Waals surface area (Å²) in [5.41, 5.74) is 0. The number of hydrogen-bond acceptors (Lipinski definition) is 3. The molecule has 2 atom stereocenters. The van der Waals surface area contributed by atoms with Gasteiger partial charge >= 0.3 is 0 Å². The van der Waals surface area contributed by atoms with Gasteiger partial charge in [0.15, 0.2) is 0 Å². The van der Waals surface area contributed by atoms with Crippen LogP contribution in [0.3, 0.4) is 0 Å². The standard InChI is InChI=1S/C12H28N2O/c1-6-13-10-11(2)12(3)14(4)8-7-9-15-5/h11-13H,6-10H2,1-5H3. The van der Waals surface area contributed by atoms with Crippen LogP contribution in [0.15, 0.2) is 0 Å². The Morgan fingerprint density at radius 1 is 1.33 bits per heavy atom. The van der Waals surface area contributed by atoms with Crippen LogP contribution in [0.25, 0.3) is 0 Å². The average Bonchev–Trinajstić information content (AvgIpc) is 2.24. The van der Waals surface area contributed by atoms with E-state index in [1.807, 2.05) is 0 Å². The summed E-state index contributed by atoms with van der Waals surface area (Å²) in [6.07, 6.45) is 1.12. The zero-order valence-corrected chi connectivity index (χ0v) is 11.0. The molecule has 0 aromatic rings. The number of nitrogens with zero attached hydrogens (tertiary/aromatic N) is 1. The van der Waals surface area contributed by atoms with E-state index in [4.69, 9.17) is 4.74 Å². The molecule has 0 radical (unpaired) electrons. The predicted molar refractivity (Wildman–Crippen MR) is 66.3 cm³/mol. The van der Waals surface area contributed by atoms with Crippen molar-refractivity contribution in [2.45, 2.75) is 33.2 Å². The molecule has 0 amide bonds. The second kappa shape index (κ2) is 9.13. The summed E-state index contributed by atoms with van der Waals surface area (Å²) in [6.45, 7) is 10.9. The van der Waals surface area contributed by atoms with E-state index in [-0.39, 0.29) is 0 Å². The molecule has 15 heavy (non-hydrogen) atoms. The Morgan fingerprint density at radius 3 is 2.53 bits per heavy atom. The maximum absolute atomic E-state index is 5.06. The Hall–Kier alpha value is -0.120. The summed E-state index contributed by atoms with van der Waals surface area (Å²) < 4.78 is 5.06. The Morgan fingerprint density at radius 2 is 2.00 bits per heavy atom. The lowest BCUT2D eigenvalue weighted by atomic mass is 10.0. The predicted octanol–water partition coefficient (Wildman–Crippen LogP) is 1.59. The minimum Gasteiger partial charge on any atom is -0.385 e. The molecule has 0 aromatic carbocycles. The van der Waals surface area contributed by atoms with Crippen molar-refractivity contribution in [1.82, 2.24) is 10.2 Å². The summed E-state index contributed by atoms with van der Waals surface area (Å²) >= 11 is 0. The van der Waals surface area contributed by atoms with E-state index in [0.29, 0.717) is 12.0 Å². The molecule has 0 aliphatic carbocycles. The maximum atomic E-state index is 5.06. The van der Waals surface area contributed by atoms with E-state index in [1.54, 1.807) is 7.11 Å². The second-order valence-electron chi connectivity index (χ2n) is 4.35. The number of methoxy groups -OCH3 is 1. The van der Waals surface area contributed by atoms with Gasteiger partial charge in [0.2, 0.25) is 0 Å². The van der Waals surface area contributed by atoms with Crippen LogP contribution >= 0.6 is 0 Å². The van der Waals surface area contributed by atoms with Gasteiger partial charge in [0.1, 0.15) is 0 Å². The highest BCUT2D eigenvalue weighted by Gasteiger charge is 2.15. The fraction of sp³-hybridized carbons (Fsp3) is 1.00. The molecule has 1 N–H and O–H groups in total. The zero-order chi connectivity index (χ0) is 11.7. The normalized spacial score (nSPS) is 15.6. The monoisotopic (exact) mass is 216 g/mol. The van der Waals surface area contributed by atoms with Crippen molar-refractivity contribution in [3.8, 4) is 0 Å². The van der Waals surface area contributed by atoms with Crippen LogP contribution in [0.2, 0.25) is 0 Å². The Labute approximate surface area is 95.2 Å². The summed E-state index contributed by atoms with van der Waals surface area (Å²) in [5, 5.41) is 3.40. The lowest BCUT2D eigenvalue weighted by Crippen LogP contribution is -2.39. The fourth-order valence-electron chi connectivity index (χ4n) is 1.64. The van der Waals surface area contributed by atoms with Crippen LogP contribution in [0.1, 0.15) is 27.2 Å². The highest BCUT2D eigenvalue weighted by atomic mass is 16.5. The van der Waals surface area contributed by atoms with Crippen molar-refractivity contribution >= 4 is 0 Å². The van der Waals surface area contributed by atoms with E-state index in [9.17, 15) is 0 Å². The van der Waals surface area contributed by atoms with Gasteiger partial charge in [0.25, 0.3) is 0 Å². The highest BCUT2D eigenvalue weighted by molar-refractivity contribution is 4.71. The average molecular weight is 216 g/mol. The first kappa shape index (κ1) is 14.9. The number of rotatable bonds is 9. The third kappa shape index (κ3) is 6.88. The van der Waals surface area contributed by atoms with E-state index < -0.39 is 0 Å². The number of nitrogens with one attached hydrogen (secondary N) is 1. The SMILES string of the molecule is CCNCC(C)C(C)N(C)CCCOC. The van der Waals surface area contributed by atoms with Crippen LogP contribution in [0, 0.1) is 5.92 Å². The molecule has 0 saturated carbocycles. The molecule has 0 heterocycles. The highest BCUT2D eigenvalue weighted by Crippen LogP contribution is 2.08. The minimum atomic E-state index is 0.626. The van der Waals surface area contributed by atoms with Gasteiger partial charge in [-0.2, -0.15) is 0 Å². The first-order valence-corrected chi connectivity index (χ1v) is 6.03. The topological polar surface area (TPSA) is 24.5 Å². The quantitative estimate of drug-likeness (QED) is 0.592. The van der Waals surface area contributed by atoms with Gasteiger partial charge in [-0.3, -0.25) is 0 Å². The Balaban J connectivity index is 3.69. The molecule has 0 bridgehead atoms. The van der Waals surface area contributed by atoms with Crippen molar-refractivity contribution in [2.75, 3.05) is 40.4 Å². The molecule has 0 aliphatic heterocycles. The molecule has 3 heteroatoms. The summed E-state index contributed by atoms with van der Waals surface area (Å²) in [7, 11) is 3.96. The zero-order valence-electron chi connectivity index (χ0n) is 11.0. The van der Waals surface area contributed by atoms with Crippen LogP contribution in [-0.4, -0.2) is 51.3 Å². The van der Waals surface area contributed by atoms with Crippen molar-refractivity contribution in [2.24, 2.45) is 5.92 Å². The Bertz CT molecular complexity index is 142. The first-order valence-electron chi connectivity index (χ1n) is 6.03. The molecule has 92 valence electrons. The van der Waals surface area contributed by atoms with E-state index in [2.05, 4.69) is 38.0 Å². The molecular weight excluding hydrogens is 188 g/mol. The van der Waals surface area contributed by atoms with Gasteiger partial charge < -0.3 is 15.0 Å². The van der Waals surface area contributed by atoms with Crippen LogP contribution in [0.4, 0.5) is 0 Å². The van der Waals surface area contributed by atoms with Crippen molar-refractivity contribution < 1.29 is 4.74 Å². The first-order chi connectivity index (χ1) is 7.13. The minimum absolute atomic E-state index is 0.626. The smallest absolute Gasteiger partial charge is 0.0474 e. The lowest BCUT2D eigenvalue weighted by molar-refractivity contribution is 0.151. The molecule has 0 aromatic heterocycles. The fourth-order valence-corrected chi connectivity index (χ4v) is 1.64. The van der Waals surface area contributed by atoms with Crippen LogP contribution in [-0.2, 0) is 4.74 Å². The van der Waals surface area contributed by atoms with Gasteiger partial charge in [-0.25, -0.2) is 0 Å². The molecule has 3 nitrogen and oxygen atoms in total. The third-order valence-corrected chi connectivity index (χ3v) is 3.09.